The van der Waals surface area contributed by atoms with Gasteiger partial charge in [-0.05, 0) is 42.8 Å². The lowest BCUT2D eigenvalue weighted by Gasteiger charge is -2.18. The molecule has 1 aromatic heterocycles. The largest absolute Gasteiger partial charge is 0.457 e. The highest BCUT2D eigenvalue weighted by atomic mass is 16.5. The van der Waals surface area contributed by atoms with Gasteiger partial charge < -0.3 is 15.0 Å². The fourth-order valence-electron chi connectivity index (χ4n) is 2.74. The molecule has 2 aromatic carbocycles. The Kier molecular flexibility index (Phi) is 6.01. The van der Waals surface area contributed by atoms with E-state index in [1.807, 2.05) is 70.3 Å². The molecule has 3 aromatic rings. The number of carbonyl (C=O) groups excluding carboxylic acids is 1. The molecule has 0 aliphatic carbocycles. The number of aromatic nitrogens is 2. The third-order valence-electron chi connectivity index (χ3n) is 4.48. The number of benzene rings is 2. The zero-order chi connectivity index (χ0) is 21.0. The molecule has 0 aliphatic rings. The standard InChI is InChI=1S/C23H28N4O2/c1-6-13-27(5)21-15-24-19-12-11-18(14-20(19)26-21)29-17-9-7-16(8-10-17)25-22(28)23(2,3)4/h7-12,14-15H,6,13H2,1-5H3,(H,25,28). The summed E-state index contributed by atoms with van der Waals surface area (Å²) in [5.41, 5.74) is 1.92. The minimum absolute atomic E-state index is 0.0249. The van der Waals surface area contributed by atoms with E-state index >= 15 is 0 Å². The summed E-state index contributed by atoms with van der Waals surface area (Å²) in [6.07, 6.45) is 2.84. The normalized spacial score (nSPS) is 11.3. The smallest absolute Gasteiger partial charge is 0.229 e. The van der Waals surface area contributed by atoms with E-state index < -0.39 is 5.41 Å². The Morgan fingerprint density at radius 3 is 2.41 bits per heavy atom. The van der Waals surface area contributed by atoms with Crippen molar-refractivity contribution < 1.29 is 9.53 Å². The SMILES string of the molecule is CCCN(C)c1cnc2ccc(Oc3ccc(NC(=O)C(C)(C)C)cc3)cc2n1. The molecule has 1 heterocycles. The van der Waals surface area contributed by atoms with Gasteiger partial charge in [-0.1, -0.05) is 27.7 Å². The first-order chi connectivity index (χ1) is 13.8. The molecule has 0 aliphatic heterocycles. The number of rotatable bonds is 6. The highest BCUT2D eigenvalue weighted by Crippen LogP contribution is 2.27. The summed E-state index contributed by atoms with van der Waals surface area (Å²) >= 11 is 0. The summed E-state index contributed by atoms with van der Waals surface area (Å²) < 4.78 is 5.97. The van der Waals surface area contributed by atoms with Crippen LogP contribution >= 0.6 is 0 Å². The summed E-state index contributed by atoms with van der Waals surface area (Å²) in [4.78, 5) is 23.4. The fourth-order valence-corrected chi connectivity index (χ4v) is 2.74. The minimum Gasteiger partial charge on any atom is -0.457 e. The maximum absolute atomic E-state index is 12.1. The Bertz CT molecular complexity index is 994. The van der Waals surface area contributed by atoms with Crippen LogP contribution in [0.5, 0.6) is 11.5 Å². The van der Waals surface area contributed by atoms with Crippen molar-refractivity contribution in [3.8, 4) is 11.5 Å². The zero-order valence-electron chi connectivity index (χ0n) is 17.7. The molecule has 0 fully saturated rings. The van der Waals surface area contributed by atoms with Crippen LogP contribution in [0.3, 0.4) is 0 Å². The number of hydrogen-bond acceptors (Lipinski definition) is 5. The lowest BCUT2D eigenvalue weighted by Crippen LogP contribution is -2.27. The molecule has 3 rings (SSSR count). The summed E-state index contributed by atoms with van der Waals surface area (Å²) in [6.45, 7) is 8.71. The number of anilines is 2. The number of amides is 1. The number of nitrogens with one attached hydrogen (secondary N) is 1. The van der Waals surface area contributed by atoms with E-state index in [0.717, 1.165) is 35.5 Å². The predicted molar refractivity (Wildman–Crippen MR) is 118 cm³/mol. The van der Waals surface area contributed by atoms with E-state index in [1.165, 1.54) is 0 Å². The van der Waals surface area contributed by atoms with Crippen molar-refractivity contribution >= 4 is 28.4 Å². The predicted octanol–water partition coefficient (Wildman–Crippen LogP) is 5.25. The average Bonchev–Trinajstić information content (AvgIpc) is 2.68. The number of fused-ring (bicyclic) bond motifs is 1. The highest BCUT2D eigenvalue weighted by molar-refractivity contribution is 5.94. The topological polar surface area (TPSA) is 67.3 Å². The molecule has 29 heavy (non-hydrogen) atoms. The van der Waals surface area contributed by atoms with Gasteiger partial charge in [-0.2, -0.15) is 0 Å². The van der Waals surface area contributed by atoms with Crippen molar-refractivity contribution in [2.45, 2.75) is 34.1 Å². The molecule has 6 nitrogen and oxygen atoms in total. The first-order valence-corrected chi connectivity index (χ1v) is 9.83. The third kappa shape index (κ3) is 5.22. The van der Waals surface area contributed by atoms with Gasteiger partial charge in [0.05, 0.1) is 17.2 Å². The molecule has 0 bridgehead atoms. The highest BCUT2D eigenvalue weighted by Gasteiger charge is 2.21. The van der Waals surface area contributed by atoms with Crippen molar-refractivity contribution in [1.82, 2.24) is 9.97 Å². The maximum Gasteiger partial charge on any atom is 0.229 e. The van der Waals surface area contributed by atoms with Gasteiger partial charge in [0.25, 0.3) is 0 Å². The Labute approximate surface area is 171 Å². The van der Waals surface area contributed by atoms with Gasteiger partial charge in [0.1, 0.15) is 17.3 Å². The molecular formula is C23H28N4O2. The lowest BCUT2D eigenvalue weighted by molar-refractivity contribution is -0.123. The number of nitrogens with zero attached hydrogens (tertiary/aromatic N) is 3. The van der Waals surface area contributed by atoms with E-state index in [-0.39, 0.29) is 5.91 Å². The average molecular weight is 393 g/mol. The molecule has 0 saturated carbocycles. The first kappa shape index (κ1) is 20.6. The van der Waals surface area contributed by atoms with Crippen LogP contribution in [-0.4, -0.2) is 29.5 Å². The maximum atomic E-state index is 12.1. The van der Waals surface area contributed by atoms with Gasteiger partial charge in [-0.25, -0.2) is 4.98 Å². The Balaban J connectivity index is 1.74. The van der Waals surface area contributed by atoms with E-state index in [4.69, 9.17) is 9.72 Å². The van der Waals surface area contributed by atoms with Crippen molar-refractivity contribution in [3.63, 3.8) is 0 Å². The van der Waals surface area contributed by atoms with Crippen LogP contribution in [0.25, 0.3) is 11.0 Å². The van der Waals surface area contributed by atoms with Crippen molar-refractivity contribution in [2.75, 3.05) is 23.8 Å². The Hall–Kier alpha value is -3.15. The van der Waals surface area contributed by atoms with Crippen LogP contribution in [0.1, 0.15) is 34.1 Å². The van der Waals surface area contributed by atoms with Crippen molar-refractivity contribution in [2.24, 2.45) is 5.41 Å². The molecule has 0 atom stereocenters. The summed E-state index contributed by atoms with van der Waals surface area (Å²) in [6, 6.07) is 13.0. The molecule has 0 spiro atoms. The van der Waals surface area contributed by atoms with Crippen LogP contribution in [0.2, 0.25) is 0 Å². The van der Waals surface area contributed by atoms with Crippen LogP contribution in [-0.2, 0) is 4.79 Å². The number of hydrogen-bond donors (Lipinski definition) is 1. The van der Waals surface area contributed by atoms with Gasteiger partial charge in [0.2, 0.25) is 5.91 Å². The second-order valence-electron chi connectivity index (χ2n) is 8.13. The fraction of sp³-hybridized carbons (Fsp3) is 0.348. The molecular weight excluding hydrogens is 364 g/mol. The molecule has 0 unspecified atom stereocenters. The molecule has 6 heteroatoms. The van der Waals surface area contributed by atoms with Gasteiger partial charge in [0, 0.05) is 30.8 Å². The number of carbonyl (C=O) groups is 1. The summed E-state index contributed by atoms with van der Waals surface area (Å²) in [5, 5.41) is 2.91. The van der Waals surface area contributed by atoms with Gasteiger partial charge >= 0.3 is 0 Å². The van der Waals surface area contributed by atoms with E-state index in [0.29, 0.717) is 11.5 Å². The molecule has 0 radical (unpaired) electrons. The van der Waals surface area contributed by atoms with Crippen LogP contribution < -0.4 is 15.0 Å². The van der Waals surface area contributed by atoms with E-state index in [9.17, 15) is 4.79 Å². The van der Waals surface area contributed by atoms with E-state index in [2.05, 4.69) is 22.1 Å². The first-order valence-electron chi connectivity index (χ1n) is 9.83. The van der Waals surface area contributed by atoms with Crippen molar-refractivity contribution in [1.29, 1.82) is 0 Å². The minimum atomic E-state index is -0.439. The van der Waals surface area contributed by atoms with Crippen molar-refractivity contribution in [3.05, 3.63) is 48.7 Å². The quantitative estimate of drug-likeness (QED) is 0.620. The van der Waals surface area contributed by atoms with Gasteiger partial charge in [-0.15, -0.1) is 0 Å². The monoisotopic (exact) mass is 392 g/mol. The molecule has 1 amide bonds. The molecule has 0 saturated heterocycles. The van der Waals surface area contributed by atoms with Crippen LogP contribution in [0, 0.1) is 5.41 Å². The van der Waals surface area contributed by atoms with Gasteiger partial charge in [-0.3, -0.25) is 9.78 Å². The Morgan fingerprint density at radius 2 is 1.76 bits per heavy atom. The second-order valence-corrected chi connectivity index (χ2v) is 8.13. The van der Waals surface area contributed by atoms with E-state index in [1.54, 1.807) is 6.20 Å². The van der Waals surface area contributed by atoms with Crippen LogP contribution in [0.4, 0.5) is 11.5 Å². The molecule has 152 valence electrons. The summed E-state index contributed by atoms with van der Waals surface area (Å²) in [5.74, 6) is 2.19. The Morgan fingerprint density at radius 1 is 1.07 bits per heavy atom. The third-order valence-corrected chi connectivity index (χ3v) is 4.48. The van der Waals surface area contributed by atoms with Gasteiger partial charge in [0.15, 0.2) is 0 Å². The molecule has 1 N–H and O–H groups in total. The lowest BCUT2D eigenvalue weighted by atomic mass is 9.95. The van der Waals surface area contributed by atoms with Crippen LogP contribution in [0.15, 0.2) is 48.7 Å². The zero-order valence-corrected chi connectivity index (χ0v) is 17.7. The number of ether oxygens (including phenoxy) is 1. The summed E-state index contributed by atoms with van der Waals surface area (Å²) in [7, 11) is 2.01. The second kappa shape index (κ2) is 8.47.